The van der Waals surface area contributed by atoms with E-state index < -0.39 is 11.4 Å². The summed E-state index contributed by atoms with van der Waals surface area (Å²) in [5, 5.41) is 0.235. The van der Waals surface area contributed by atoms with Crippen LogP contribution >= 0.6 is 35.3 Å². The molecular formula is C25H25FN4O2S3. The van der Waals surface area contributed by atoms with E-state index >= 15 is 0 Å². The van der Waals surface area contributed by atoms with Crippen molar-refractivity contribution >= 4 is 51.6 Å². The number of thioether (sulfide) groups is 1. The van der Waals surface area contributed by atoms with Gasteiger partial charge in [-0.2, -0.15) is 0 Å². The van der Waals surface area contributed by atoms with Crippen molar-refractivity contribution in [3.8, 4) is 11.4 Å². The smallest absolute Gasteiger partial charge is 0.278 e. The van der Waals surface area contributed by atoms with Crippen LogP contribution in [-0.4, -0.2) is 43.8 Å². The van der Waals surface area contributed by atoms with Crippen molar-refractivity contribution in [1.29, 1.82) is 0 Å². The van der Waals surface area contributed by atoms with Crippen LogP contribution in [0, 0.1) is 23.6 Å². The fraction of sp³-hybridized carbons (Fsp3) is 0.280. The van der Waals surface area contributed by atoms with Crippen LogP contribution in [-0.2, 0) is 4.79 Å². The number of amides is 1. The van der Waals surface area contributed by atoms with Crippen molar-refractivity contribution in [3.63, 3.8) is 0 Å². The second-order valence-electron chi connectivity index (χ2n) is 7.97. The van der Waals surface area contributed by atoms with Gasteiger partial charge < -0.3 is 4.90 Å². The number of benzene rings is 2. The number of carbonyl (C=O) groups excluding carboxylic acids is 1. The number of aryl methyl sites for hydroxylation is 2. The fourth-order valence-corrected chi connectivity index (χ4v) is 5.97. The molecule has 0 saturated carbocycles. The molecule has 6 nitrogen and oxygen atoms in total. The number of thiazole rings is 1. The summed E-state index contributed by atoms with van der Waals surface area (Å²) in [5.41, 5.74) is 3.09. The Morgan fingerprint density at radius 3 is 2.49 bits per heavy atom. The molecule has 0 saturated heterocycles. The quantitative estimate of drug-likeness (QED) is 0.175. The molecule has 0 aliphatic carbocycles. The summed E-state index contributed by atoms with van der Waals surface area (Å²) in [6.45, 7) is 9.02. The molecule has 182 valence electrons. The van der Waals surface area contributed by atoms with Gasteiger partial charge in [0.2, 0.25) is 5.91 Å². The van der Waals surface area contributed by atoms with E-state index in [1.54, 1.807) is 21.6 Å². The number of carbonyl (C=O) groups is 1. The maximum atomic E-state index is 14.8. The van der Waals surface area contributed by atoms with E-state index in [0.29, 0.717) is 27.4 Å². The lowest BCUT2D eigenvalue weighted by Gasteiger charge is -2.19. The third-order valence-electron chi connectivity index (χ3n) is 5.86. The Bertz CT molecular complexity index is 1540. The molecule has 35 heavy (non-hydrogen) atoms. The Balaban J connectivity index is 1.95. The molecule has 10 heteroatoms. The number of para-hydroxylation sites is 1. The maximum Gasteiger partial charge on any atom is 0.278 e. The summed E-state index contributed by atoms with van der Waals surface area (Å²) in [6.07, 6.45) is 0. The second kappa shape index (κ2) is 10.4. The molecule has 0 aliphatic heterocycles. The average molecular weight is 529 g/mol. The van der Waals surface area contributed by atoms with E-state index in [1.165, 1.54) is 16.7 Å². The number of hydrogen-bond donors (Lipinski definition) is 0. The van der Waals surface area contributed by atoms with Crippen molar-refractivity contribution in [1.82, 2.24) is 19.0 Å². The van der Waals surface area contributed by atoms with E-state index in [2.05, 4.69) is 0 Å². The molecule has 2 aromatic heterocycles. The van der Waals surface area contributed by atoms with Gasteiger partial charge in [0, 0.05) is 18.8 Å². The van der Waals surface area contributed by atoms with Crippen LogP contribution in [0.15, 0.2) is 52.4 Å². The molecule has 4 aromatic rings. The van der Waals surface area contributed by atoms with Crippen LogP contribution in [0.4, 0.5) is 4.39 Å². The van der Waals surface area contributed by atoms with Gasteiger partial charge in [-0.05, 0) is 75.3 Å². The SMILES string of the molecule is CCN(CC)C(=O)CSc1nc2c(sc(=S)n2-c2ccc(C)c(C)c2)c(=O)n1-c1ccccc1F. The molecule has 0 unspecified atom stereocenters. The third kappa shape index (κ3) is 4.82. The van der Waals surface area contributed by atoms with Crippen molar-refractivity contribution in [2.24, 2.45) is 0 Å². The molecular weight excluding hydrogens is 504 g/mol. The van der Waals surface area contributed by atoms with Crippen molar-refractivity contribution < 1.29 is 9.18 Å². The predicted molar refractivity (Wildman–Crippen MR) is 143 cm³/mol. The number of hydrogen-bond acceptors (Lipinski definition) is 6. The van der Waals surface area contributed by atoms with Gasteiger partial charge >= 0.3 is 0 Å². The molecule has 0 aliphatic rings. The highest BCUT2D eigenvalue weighted by molar-refractivity contribution is 7.99. The minimum absolute atomic E-state index is 0.0720. The average Bonchev–Trinajstić information content (AvgIpc) is 3.17. The Hall–Kier alpha value is -2.82. The Labute approximate surface area is 216 Å². The van der Waals surface area contributed by atoms with Crippen LogP contribution in [0.2, 0.25) is 0 Å². The maximum absolute atomic E-state index is 14.8. The second-order valence-corrected chi connectivity index (χ2v) is 10.6. The number of nitrogens with zero attached hydrogens (tertiary/aromatic N) is 4. The van der Waals surface area contributed by atoms with Crippen molar-refractivity contribution in [3.05, 3.63) is 73.7 Å². The third-order valence-corrected chi connectivity index (χ3v) is 8.13. The molecule has 0 spiro atoms. The highest BCUT2D eigenvalue weighted by Gasteiger charge is 2.22. The van der Waals surface area contributed by atoms with Gasteiger partial charge in [0.05, 0.1) is 11.4 Å². The lowest BCUT2D eigenvalue weighted by Crippen LogP contribution is -2.32. The Kier molecular flexibility index (Phi) is 7.53. The lowest BCUT2D eigenvalue weighted by atomic mass is 10.1. The lowest BCUT2D eigenvalue weighted by molar-refractivity contribution is -0.127. The van der Waals surface area contributed by atoms with Gasteiger partial charge in [-0.1, -0.05) is 41.3 Å². The fourth-order valence-electron chi connectivity index (χ4n) is 3.76. The molecule has 4 rings (SSSR count). The molecule has 1 amide bonds. The minimum Gasteiger partial charge on any atom is -0.343 e. The summed E-state index contributed by atoms with van der Waals surface area (Å²) in [5.74, 6) is -0.557. The Morgan fingerprint density at radius 1 is 1.11 bits per heavy atom. The first-order valence-corrected chi connectivity index (χ1v) is 13.4. The zero-order valence-electron chi connectivity index (χ0n) is 19.9. The molecule has 0 bridgehead atoms. The summed E-state index contributed by atoms with van der Waals surface area (Å²) in [7, 11) is 0. The van der Waals surface area contributed by atoms with E-state index in [0.717, 1.165) is 39.9 Å². The zero-order chi connectivity index (χ0) is 25.3. The van der Waals surface area contributed by atoms with Gasteiger partial charge in [0.1, 0.15) is 10.5 Å². The number of fused-ring (bicyclic) bond motifs is 1. The standard InChI is InChI=1S/C25H25FN4O2S3/c1-5-28(6-2)20(31)14-34-24-27-22-21(23(32)30(24)19-10-8-7-9-18(19)26)35-25(33)29(22)17-12-11-15(3)16(4)13-17/h7-13H,5-6,14H2,1-4H3. The number of rotatable bonds is 7. The van der Waals surface area contributed by atoms with Crippen LogP contribution in [0.25, 0.3) is 21.7 Å². The van der Waals surface area contributed by atoms with Gasteiger partial charge in [0.15, 0.2) is 14.8 Å². The molecule has 0 atom stereocenters. The van der Waals surface area contributed by atoms with Crippen molar-refractivity contribution in [2.45, 2.75) is 32.9 Å². The van der Waals surface area contributed by atoms with E-state index in [9.17, 15) is 14.0 Å². The first-order chi connectivity index (χ1) is 16.8. The number of halogens is 1. The first-order valence-electron chi connectivity index (χ1n) is 11.2. The van der Waals surface area contributed by atoms with Crippen LogP contribution < -0.4 is 5.56 Å². The number of aromatic nitrogens is 3. The van der Waals surface area contributed by atoms with Crippen molar-refractivity contribution in [2.75, 3.05) is 18.8 Å². The topological polar surface area (TPSA) is 60.1 Å². The van der Waals surface area contributed by atoms with E-state index in [-0.39, 0.29) is 22.5 Å². The molecule has 0 fully saturated rings. The van der Waals surface area contributed by atoms with Crippen LogP contribution in [0.3, 0.4) is 0 Å². The van der Waals surface area contributed by atoms with Crippen LogP contribution in [0.5, 0.6) is 0 Å². The highest BCUT2D eigenvalue weighted by Crippen LogP contribution is 2.29. The van der Waals surface area contributed by atoms with Gasteiger partial charge in [-0.15, -0.1) is 0 Å². The largest absolute Gasteiger partial charge is 0.343 e. The van der Waals surface area contributed by atoms with E-state index in [1.807, 2.05) is 45.9 Å². The highest BCUT2D eigenvalue weighted by atomic mass is 32.2. The zero-order valence-corrected chi connectivity index (χ0v) is 22.3. The monoisotopic (exact) mass is 528 g/mol. The summed E-state index contributed by atoms with van der Waals surface area (Å²) < 4.78 is 18.6. The van der Waals surface area contributed by atoms with Crippen LogP contribution in [0.1, 0.15) is 25.0 Å². The van der Waals surface area contributed by atoms with E-state index in [4.69, 9.17) is 17.2 Å². The first kappa shape index (κ1) is 25.3. The Morgan fingerprint density at radius 2 is 1.83 bits per heavy atom. The normalized spacial score (nSPS) is 11.2. The van der Waals surface area contributed by atoms with Gasteiger partial charge in [-0.3, -0.25) is 18.7 Å². The van der Waals surface area contributed by atoms with Gasteiger partial charge in [-0.25, -0.2) is 9.37 Å². The minimum atomic E-state index is -0.551. The summed E-state index contributed by atoms with van der Waals surface area (Å²) >= 11 is 7.89. The van der Waals surface area contributed by atoms with Gasteiger partial charge in [0.25, 0.3) is 5.56 Å². The molecule has 0 N–H and O–H groups in total. The molecule has 2 heterocycles. The predicted octanol–water partition coefficient (Wildman–Crippen LogP) is 5.68. The summed E-state index contributed by atoms with van der Waals surface area (Å²) in [6, 6.07) is 12.0. The molecule has 2 aromatic carbocycles. The summed E-state index contributed by atoms with van der Waals surface area (Å²) in [4.78, 5) is 32.9. The molecule has 0 radical (unpaired) electrons.